The molecule has 7 heteroatoms. The van der Waals surface area contributed by atoms with E-state index in [4.69, 9.17) is 9.47 Å². The minimum atomic E-state index is -0.549. The van der Waals surface area contributed by atoms with Crippen molar-refractivity contribution in [1.82, 2.24) is 14.9 Å². The molecular weight excluding hydrogens is 320 g/mol. The molecule has 0 saturated carbocycles. The van der Waals surface area contributed by atoms with Gasteiger partial charge in [0.15, 0.2) is 6.10 Å². The molecule has 1 unspecified atom stereocenters. The largest absolute Gasteiger partial charge is 0.497 e. The van der Waals surface area contributed by atoms with E-state index in [0.717, 1.165) is 0 Å². The van der Waals surface area contributed by atoms with Crippen LogP contribution >= 0.6 is 0 Å². The highest BCUT2D eigenvalue weighted by molar-refractivity contribution is 5.81. The number of anilines is 1. The second-order valence-electron chi connectivity index (χ2n) is 5.80. The van der Waals surface area contributed by atoms with Gasteiger partial charge in [0.2, 0.25) is 5.95 Å². The summed E-state index contributed by atoms with van der Waals surface area (Å²) in [4.78, 5) is 25.0. The number of carbonyl (C=O) groups is 1. The van der Waals surface area contributed by atoms with Gasteiger partial charge in [0.25, 0.3) is 5.91 Å². The van der Waals surface area contributed by atoms with E-state index in [1.165, 1.54) is 0 Å². The molecule has 1 fully saturated rings. The van der Waals surface area contributed by atoms with E-state index in [1.807, 2.05) is 23.1 Å². The van der Waals surface area contributed by atoms with Crippen molar-refractivity contribution in [3.63, 3.8) is 0 Å². The Bertz CT molecular complexity index is 702. The molecular formula is C18H22N4O3. The molecule has 2 heterocycles. The van der Waals surface area contributed by atoms with Gasteiger partial charge in [-0.25, -0.2) is 9.97 Å². The lowest BCUT2D eigenvalue weighted by atomic mass is 10.2. The third-order valence-corrected chi connectivity index (χ3v) is 4.13. The van der Waals surface area contributed by atoms with Crippen LogP contribution in [0.3, 0.4) is 0 Å². The minimum absolute atomic E-state index is 0.0172. The standard InChI is InChI=1S/C18H22N4O3/c1-14(25-16-6-3-5-15(13-16)24-2)17(23)21-9-11-22(12-10-21)18-19-7-4-8-20-18/h3-8,13-14H,9-12H2,1-2H3. The zero-order valence-electron chi connectivity index (χ0n) is 14.5. The molecule has 0 radical (unpaired) electrons. The highest BCUT2D eigenvalue weighted by Gasteiger charge is 2.26. The van der Waals surface area contributed by atoms with Gasteiger partial charge in [-0.1, -0.05) is 6.07 Å². The summed E-state index contributed by atoms with van der Waals surface area (Å²) in [7, 11) is 1.60. The minimum Gasteiger partial charge on any atom is -0.497 e. The predicted octanol–water partition coefficient (Wildman–Crippen LogP) is 1.60. The summed E-state index contributed by atoms with van der Waals surface area (Å²) in [6.45, 7) is 4.45. The summed E-state index contributed by atoms with van der Waals surface area (Å²) in [5.74, 6) is 2.01. The Hall–Kier alpha value is -2.83. The number of rotatable bonds is 5. The summed E-state index contributed by atoms with van der Waals surface area (Å²) in [5.41, 5.74) is 0. The van der Waals surface area contributed by atoms with Crippen LogP contribution in [0, 0.1) is 0 Å². The lowest BCUT2D eigenvalue weighted by molar-refractivity contribution is -0.138. The van der Waals surface area contributed by atoms with Gasteiger partial charge in [0.1, 0.15) is 11.5 Å². The summed E-state index contributed by atoms with van der Waals surface area (Å²) < 4.78 is 10.9. The van der Waals surface area contributed by atoms with Gasteiger partial charge in [-0.3, -0.25) is 4.79 Å². The first-order chi connectivity index (χ1) is 12.2. The van der Waals surface area contributed by atoms with E-state index in [-0.39, 0.29) is 5.91 Å². The number of ether oxygens (including phenoxy) is 2. The van der Waals surface area contributed by atoms with E-state index < -0.39 is 6.10 Å². The van der Waals surface area contributed by atoms with Crippen LogP contribution in [0.4, 0.5) is 5.95 Å². The Morgan fingerprint density at radius 2 is 1.76 bits per heavy atom. The average molecular weight is 342 g/mol. The summed E-state index contributed by atoms with van der Waals surface area (Å²) in [6, 6.07) is 9.06. The molecule has 1 aromatic carbocycles. The van der Waals surface area contributed by atoms with Gasteiger partial charge in [-0.05, 0) is 25.1 Å². The Morgan fingerprint density at radius 3 is 2.44 bits per heavy atom. The zero-order valence-corrected chi connectivity index (χ0v) is 14.5. The van der Waals surface area contributed by atoms with Crippen LogP contribution in [0.25, 0.3) is 0 Å². The van der Waals surface area contributed by atoms with Crippen molar-refractivity contribution in [3.05, 3.63) is 42.7 Å². The number of hydrogen-bond donors (Lipinski definition) is 0. The number of nitrogens with zero attached hydrogens (tertiary/aromatic N) is 4. The van der Waals surface area contributed by atoms with Gasteiger partial charge in [-0.15, -0.1) is 0 Å². The van der Waals surface area contributed by atoms with Crippen LogP contribution in [0.2, 0.25) is 0 Å². The van der Waals surface area contributed by atoms with Crippen LogP contribution < -0.4 is 14.4 Å². The van der Waals surface area contributed by atoms with E-state index in [0.29, 0.717) is 43.6 Å². The zero-order chi connectivity index (χ0) is 17.6. The normalized spacial score (nSPS) is 15.6. The summed E-state index contributed by atoms with van der Waals surface area (Å²) in [5, 5.41) is 0. The molecule has 0 bridgehead atoms. The monoisotopic (exact) mass is 342 g/mol. The second kappa shape index (κ2) is 7.83. The molecule has 1 amide bonds. The van der Waals surface area contributed by atoms with Gasteiger partial charge < -0.3 is 19.3 Å². The number of piperazine rings is 1. The molecule has 2 aromatic rings. The van der Waals surface area contributed by atoms with Crippen LogP contribution in [0.15, 0.2) is 42.7 Å². The van der Waals surface area contributed by atoms with Crippen molar-refractivity contribution in [2.24, 2.45) is 0 Å². The molecule has 1 aromatic heterocycles. The van der Waals surface area contributed by atoms with E-state index in [1.54, 1.807) is 38.6 Å². The second-order valence-corrected chi connectivity index (χ2v) is 5.80. The molecule has 3 rings (SSSR count). The Morgan fingerprint density at radius 1 is 1.08 bits per heavy atom. The van der Waals surface area contributed by atoms with Crippen molar-refractivity contribution in [2.45, 2.75) is 13.0 Å². The third kappa shape index (κ3) is 4.17. The fourth-order valence-corrected chi connectivity index (χ4v) is 2.77. The summed E-state index contributed by atoms with van der Waals surface area (Å²) in [6.07, 6.45) is 2.90. The maximum atomic E-state index is 12.6. The van der Waals surface area contributed by atoms with Crippen molar-refractivity contribution in [1.29, 1.82) is 0 Å². The van der Waals surface area contributed by atoms with Crippen LogP contribution in [0.5, 0.6) is 11.5 Å². The highest BCUT2D eigenvalue weighted by Crippen LogP contribution is 2.20. The van der Waals surface area contributed by atoms with Crippen molar-refractivity contribution in [2.75, 3.05) is 38.2 Å². The first kappa shape index (κ1) is 17.0. The van der Waals surface area contributed by atoms with Gasteiger partial charge in [-0.2, -0.15) is 0 Å². The summed E-state index contributed by atoms with van der Waals surface area (Å²) >= 11 is 0. The van der Waals surface area contributed by atoms with E-state index >= 15 is 0 Å². The maximum Gasteiger partial charge on any atom is 0.263 e. The number of carbonyl (C=O) groups excluding carboxylic acids is 1. The van der Waals surface area contributed by atoms with Crippen LogP contribution in [-0.4, -0.2) is 60.2 Å². The molecule has 1 saturated heterocycles. The first-order valence-corrected chi connectivity index (χ1v) is 8.29. The molecule has 25 heavy (non-hydrogen) atoms. The number of aromatic nitrogens is 2. The van der Waals surface area contributed by atoms with E-state index in [9.17, 15) is 4.79 Å². The SMILES string of the molecule is COc1cccc(OC(C)C(=O)N2CCN(c3ncccn3)CC2)c1. The molecule has 0 N–H and O–H groups in total. The van der Waals surface area contributed by atoms with Gasteiger partial charge in [0, 0.05) is 44.6 Å². The first-order valence-electron chi connectivity index (χ1n) is 8.29. The average Bonchev–Trinajstić information content (AvgIpc) is 2.68. The number of amides is 1. The molecule has 7 nitrogen and oxygen atoms in total. The number of methoxy groups -OCH3 is 1. The fraction of sp³-hybridized carbons (Fsp3) is 0.389. The molecule has 1 atom stereocenters. The predicted molar refractivity (Wildman–Crippen MR) is 93.9 cm³/mol. The van der Waals surface area contributed by atoms with Gasteiger partial charge in [0.05, 0.1) is 7.11 Å². The quantitative estimate of drug-likeness (QED) is 0.822. The molecule has 1 aliphatic rings. The van der Waals surface area contributed by atoms with Gasteiger partial charge >= 0.3 is 0 Å². The number of hydrogen-bond acceptors (Lipinski definition) is 6. The van der Waals surface area contributed by atoms with E-state index in [2.05, 4.69) is 14.9 Å². The Labute approximate surface area is 147 Å². The van der Waals surface area contributed by atoms with Crippen LogP contribution in [-0.2, 0) is 4.79 Å². The topological polar surface area (TPSA) is 67.8 Å². The number of benzene rings is 1. The molecule has 0 spiro atoms. The van der Waals surface area contributed by atoms with Crippen LogP contribution in [0.1, 0.15) is 6.92 Å². The molecule has 132 valence electrons. The fourth-order valence-electron chi connectivity index (χ4n) is 2.77. The third-order valence-electron chi connectivity index (χ3n) is 4.13. The Kier molecular flexibility index (Phi) is 5.33. The van der Waals surface area contributed by atoms with Crippen molar-refractivity contribution < 1.29 is 14.3 Å². The maximum absolute atomic E-state index is 12.6. The Balaban J connectivity index is 1.54. The lowest BCUT2D eigenvalue weighted by Gasteiger charge is -2.35. The molecule has 1 aliphatic heterocycles. The van der Waals surface area contributed by atoms with Crippen molar-refractivity contribution in [3.8, 4) is 11.5 Å². The highest BCUT2D eigenvalue weighted by atomic mass is 16.5. The lowest BCUT2D eigenvalue weighted by Crippen LogP contribution is -2.52. The smallest absolute Gasteiger partial charge is 0.263 e. The van der Waals surface area contributed by atoms with Crippen molar-refractivity contribution >= 4 is 11.9 Å². The molecule has 0 aliphatic carbocycles.